The molecule has 0 bridgehead atoms. The molecule has 0 aromatic rings. The Morgan fingerprint density at radius 3 is 2.20 bits per heavy atom. The summed E-state index contributed by atoms with van der Waals surface area (Å²) in [5.41, 5.74) is 19.2. The van der Waals surface area contributed by atoms with Gasteiger partial charge in [-0.3, -0.25) is 0 Å². The van der Waals surface area contributed by atoms with Gasteiger partial charge in [0.15, 0.2) is 6.29 Å². The Morgan fingerprint density at radius 1 is 0.902 bits per heavy atom. The molecule has 15 heteroatoms. The van der Waals surface area contributed by atoms with Crippen molar-refractivity contribution < 1.29 is 50.0 Å². The fourth-order valence-electron chi connectivity index (χ4n) is 6.49. The molecule has 15 unspecified atom stereocenters. The van der Waals surface area contributed by atoms with Crippen LogP contribution in [0.5, 0.6) is 0 Å². The van der Waals surface area contributed by atoms with Crippen LogP contribution in [0.15, 0.2) is 0 Å². The van der Waals surface area contributed by atoms with Crippen LogP contribution < -0.4 is 27.8 Å². The summed E-state index contributed by atoms with van der Waals surface area (Å²) < 4.78 is 18.5. The molecule has 15 nitrogen and oxygen atoms in total. The summed E-state index contributed by atoms with van der Waals surface area (Å²) in [5.74, 6) is -1.03. The highest BCUT2D eigenvalue weighted by Gasteiger charge is 2.53. The van der Waals surface area contributed by atoms with Crippen LogP contribution in [0.2, 0.25) is 0 Å². The Bertz CT molecular complexity index is 772. The van der Waals surface area contributed by atoms with Crippen molar-refractivity contribution in [1.82, 2.24) is 10.6 Å². The van der Waals surface area contributed by atoms with E-state index in [9.17, 15) is 35.7 Å². The van der Waals surface area contributed by atoms with Gasteiger partial charge in [0.05, 0.1) is 63.0 Å². The molecule has 3 rings (SSSR count). The Kier molecular flexibility index (Phi) is 13.6. The molecule has 2 aliphatic heterocycles. The van der Waals surface area contributed by atoms with Gasteiger partial charge in [-0.2, -0.15) is 0 Å². The summed E-state index contributed by atoms with van der Waals surface area (Å²) in [6, 6.07) is -2.56. The molecule has 2 saturated heterocycles. The maximum atomic E-state index is 10.9. The highest BCUT2D eigenvalue weighted by molar-refractivity contribution is 5.06. The first kappa shape index (κ1) is 34.9. The molecular weight excluding hydrogens is 542 g/mol. The lowest BCUT2D eigenvalue weighted by molar-refractivity contribution is -0.298. The maximum Gasteiger partial charge on any atom is 0.184 e. The van der Waals surface area contributed by atoms with E-state index in [1.807, 2.05) is 13.8 Å². The number of hydrogen-bond donors (Lipinski definition) is 12. The Morgan fingerprint density at radius 2 is 1.59 bits per heavy atom. The Balaban J connectivity index is 1.84. The second kappa shape index (κ2) is 15.9. The van der Waals surface area contributed by atoms with Gasteiger partial charge < -0.3 is 77.8 Å². The summed E-state index contributed by atoms with van der Waals surface area (Å²) in [4.78, 5) is 0. The molecule has 0 aromatic heterocycles. The topological polar surface area (TPSA) is 271 Å². The highest BCUT2D eigenvalue weighted by atomic mass is 16.7. The van der Waals surface area contributed by atoms with Crippen molar-refractivity contribution in [3.8, 4) is 0 Å². The second-order valence-corrected chi connectivity index (χ2v) is 12.0. The molecule has 0 radical (unpaired) electrons. The van der Waals surface area contributed by atoms with Crippen LogP contribution in [0.25, 0.3) is 0 Å². The number of nitrogens with one attached hydrogen (secondary N) is 2. The van der Waals surface area contributed by atoms with E-state index >= 15 is 0 Å². The molecule has 2 heterocycles. The summed E-state index contributed by atoms with van der Waals surface area (Å²) in [6.45, 7) is 3.11. The quantitative estimate of drug-likeness (QED) is 0.0946. The van der Waals surface area contributed by atoms with E-state index in [4.69, 9.17) is 31.4 Å². The first-order chi connectivity index (χ1) is 19.5. The smallest absolute Gasteiger partial charge is 0.184 e. The van der Waals surface area contributed by atoms with Crippen molar-refractivity contribution in [3.63, 3.8) is 0 Å². The summed E-state index contributed by atoms with van der Waals surface area (Å²) in [6.07, 6.45) is -6.69. The fraction of sp³-hybridized carbons (Fsp3) is 1.00. The van der Waals surface area contributed by atoms with Gasteiger partial charge >= 0.3 is 0 Å². The zero-order chi connectivity index (χ0) is 30.4. The highest BCUT2D eigenvalue weighted by Crippen LogP contribution is 2.41. The molecule has 1 saturated carbocycles. The van der Waals surface area contributed by atoms with Gasteiger partial charge in [-0.05, 0) is 12.3 Å². The zero-order valence-corrected chi connectivity index (χ0v) is 24.0. The summed E-state index contributed by atoms with van der Waals surface area (Å²) in [5, 5.41) is 76.3. The van der Waals surface area contributed by atoms with Gasteiger partial charge in [-0.15, -0.1) is 0 Å². The van der Waals surface area contributed by atoms with Crippen LogP contribution >= 0.6 is 0 Å². The van der Waals surface area contributed by atoms with Gasteiger partial charge in [0.25, 0.3) is 0 Å². The van der Waals surface area contributed by atoms with Gasteiger partial charge in [-0.1, -0.05) is 13.8 Å². The number of nitrogens with two attached hydrogens (primary N) is 3. The summed E-state index contributed by atoms with van der Waals surface area (Å²) in [7, 11) is 0. The van der Waals surface area contributed by atoms with Gasteiger partial charge in [-0.25, -0.2) is 0 Å². The van der Waals surface area contributed by atoms with E-state index < -0.39 is 85.8 Å². The van der Waals surface area contributed by atoms with Crippen molar-refractivity contribution in [2.24, 2.45) is 35.0 Å². The first-order valence-corrected chi connectivity index (χ1v) is 14.6. The van der Waals surface area contributed by atoms with Crippen molar-refractivity contribution >= 4 is 0 Å². The molecule has 41 heavy (non-hydrogen) atoms. The number of ether oxygens (including phenoxy) is 3. The van der Waals surface area contributed by atoms with Crippen molar-refractivity contribution in [1.29, 1.82) is 0 Å². The van der Waals surface area contributed by atoms with Crippen LogP contribution in [-0.2, 0) is 14.2 Å². The Hall–Kier alpha value is -0.600. The number of aliphatic hydroxyl groups excluding tert-OH is 7. The van der Waals surface area contributed by atoms with E-state index in [0.29, 0.717) is 13.0 Å². The maximum absolute atomic E-state index is 10.9. The minimum Gasteiger partial charge on any atom is -0.395 e. The second-order valence-electron chi connectivity index (χ2n) is 12.0. The minimum absolute atomic E-state index is 0.0471. The average Bonchev–Trinajstić information content (AvgIpc) is 2.95. The van der Waals surface area contributed by atoms with E-state index in [2.05, 4.69) is 10.6 Å². The lowest BCUT2D eigenvalue weighted by Crippen LogP contribution is -2.68. The normalized spacial score (nSPS) is 44.7. The Labute approximate surface area is 241 Å². The van der Waals surface area contributed by atoms with E-state index in [-0.39, 0.29) is 50.5 Å². The molecule has 15 atom stereocenters. The number of rotatable bonds is 13. The first-order valence-electron chi connectivity index (χ1n) is 14.6. The van der Waals surface area contributed by atoms with Crippen LogP contribution in [0.3, 0.4) is 0 Å². The molecule has 3 aliphatic rings. The lowest BCUT2D eigenvalue weighted by Gasteiger charge is -2.53. The molecule has 0 spiro atoms. The molecule has 15 N–H and O–H groups in total. The van der Waals surface area contributed by atoms with Crippen LogP contribution in [0.1, 0.15) is 26.7 Å². The molecule has 0 amide bonds. The average molecular weight is 596 g/mol. The predicted molar refractivity (Wildman–Crippen MR) is 147 cm³/mol. The molecule has 0 aromatic carbocycles. The zero-order valence-electron chi connectivity index (χ0n) is 24.0. The number of aliphatic hydroxyl groups is 7. The number of hydrogen-bond acceptors (Lipinski definition) is 15. The predicted octanol–water partition coefficient (Wildman–Crippen LogP) is -5.50. The standard InChI is InChI=1S/C26H53N5O10/c1-11-21(25-22(29)12(2)23(38)19(39-25)6-30-5-13(27)7-32)15(28)3-16(31-14(8-33)9-34)24(11)41-26-18(37)4-17(36)20(10-35)40-26/h11-26,30-38H,3-10,27-29H2,1-2H3. The SMILES string of the molecule is CC1C(N)C(C2C(N)CC(NC(CO)CO)C(OC3OC(CO)C(O)CC3O)C2C)OC(CNCC(N)CO)C1O. The van der Waals surface area contributed by atoms with Crippen LogP contribution in [-0.4, -0.2) is 154 Å². The van der Waals surface area contributed by atoms with Crippen LogP contribution in [0, 0.1) is 17.8 Å². The fourth-order valence-corrected chi connectivity index (χ4v) is 6.49. The van der Waals surface area contributed by atoms with E-state index in [1.54, 1.807) is 0 Å². The largest absolute Gasteiger partial charge is 0.395 e. The minimum atomic E-state index is -1.16. The van der Waals surface area contributed by atoms with E-state index in [0.717, 1.165) is 0 Å². The third-order valence-electron chi connectivity index (χ3n) is 9.04. The van der Waals surface area contributed by atoms with Gasteiger partial charge in [0.2, 0.25) is 0 Å². The molecule has 242 valence electrons. The molecule has 3 fully saturated rings. The monoisotopic (exact) mass is 595 g/mol. The third kappa shape index (κ3) is 8.32. The van der Waals surface area contributed by atoms with Gasteiger partial charge in [0, 0.05) is 55.5 Å². The van der Waals surface area contributed by atoms with Crippen molar-refractivity contribution in [3.05, 3.63) is 0 Å². The molecule has 1 aliphatic carbocycles. The van der Waals surface area contributed by atoms with Crippen LogP contribution in [0.4, 0.5) is 0 Å². The lowest BCUT2D eigenvalue weighted by atomic mass is 9.66. The molecular formula is C26H53N5O10. The van der Waals surface area contributed by atoms with Gasteiger partial charge in [0.1, 0.15) is 12.2 Å². The third-order valence-corrected chi connectivity index (χ3v) is 9.04. The van der Waals surface area contributed by atoms with E-state index in [1.165, 1.54) is 0 Å². The van der Waals surface area contributed by atoms with Crippen molar-refractivity contribution in [2.75, 3.05) is 39.5 Å². The van der Waals surface area contributed by atoms with Crippen molar-refractivity contribution in [2.45, 2.75) is 106 Å². The summed E-state index contributed by atoms with van der Waals surface area (Å²) >= 11 is 0.